The van der Waals surface area contributed by atoms with Crippen molar-refractivity contribution in [2.45, 2.75) is 18.0 Å². The molecule has 0 saturated carbocycles. The van der Waals surface area contributed by atoms with Gasteiger partial charge in [0.25, 0.3) is 10.0 Å². The van der Waals surface area contributed by atoms with E-state index in [1.54, 1.807) is 19.2 Å². The van der Waals surface area contributed by atoms with Gasteiger partial charge < -0.3 is 9.67 Å². The van der Waals surface area contributed by atoms with Gasteiger partial charge in [-0.2, -0.15) is 4.31 Å². The van der Waals surface area contributed by atoms with Gasteiger partial charge in [0.05, 0.1) is 6.33 Å². The monoisotopic (exact) mass is 327 g/mol. The van der Waals surface area contributed by atoms with Crippen LogP contribution in [0, 0.1) is 0 Å². The summed E-state index contributed by atoms with van der Waals surface area (Å²) in [5, 5.41) is 9.50. The average Bonchev–Trinajstić information content (AvgIpc) is 2.78. The molecule has 8 heteroatoms. The molecule has 3 rings (SSSR count). The lowest BCUT2D eigenvalue weighted by molar-refractivity contribution is 0.387. The van der Waals surface area contributed by atoms with Gasteiger partial charge in [-0.05, 0) is 29.7 Å². The molecule has 6 nitrogen and oxygen atoms in total. The topological polar surface area (TPSA) is 75.4 Å². The third-order valence-corrected chi connectivity index (χ3v) is 5.92. The van der Waals surface area contributed by atoms with Crippen LogP contribution < -0.4 is 0 Å². The standard InChI is InChI=1S/C13H14ClN3O3S/c1-16-8-15-13(12(16)14)21(19,20)17-5-4-9-2-3-11(18)6-10(9)7-17/h2-3,6,8,18H,4-5,7H2,1H3. The fourth-order valence-corrected chi connectivity index (χ4v) is 4.22. The second-order valence-corrected chi connectivity index (χ2v) is 7.20. The largest absolute Gasteiger partial charge is 0.508 e. The van der Waals surface area contributed by atoms with Gasteiger partial charge in [-0.15, -0.1) is 0 Å². The fraction of sp³-hybridized carbons (Fsp3) is 0.308. The molecule has 112 valence electrons. The van der Waals surface area contributed by atoms with Crippen molar-refractivity contribution in [2.75, 3.05) is 6.54 Å². The second kappa shape index (κ2) is 5.01. The van der Waals surface area contributed by atoms with Gasteiger partial charge in [-0.1, -0.05) is 17.7 Å². The van der Waals surface area contributed by atoms with E-state index in [1.165, 1.54) is 15.2 Å². The number of sulfonamides is 1. The summed E-state index contributed by atoms with van der Waals surface area (Å²) in [6, 6.07) is 5.03. The van der Waals surface area contributed by atoms with Crippen LogP contribution in [-0.2, 0) is 30.0 Å². The number of fused-ring (bicyclic) bond motifs is 1. The van der Waals surface area contributed by atoms with Crippen LogP contribution >= 0.6 is 11.6 Å². The zero-order valence-electron chi connectivity index (χ0n) is 11.3. The Balaban J connectivity index is 1.97. The van der Waals surface area contributed by atoms with E-state index in [9.17, 15) is 13.5 Å². The molecule has 2 heterocycles. The molecule has 21 heavy (non-hydrogen) atoms. The number of halogens is 1. The molecule has 1 aliphatic rings. The molecular formula is C13H14ClN3O3S. The van der Waals surface area contributed by atoms with Gasteiger partial charge in [0, 0.05) is 20.1 Å². The first-order chi connectivity index (χ1) is 9.89. The van der Waals surface area contributed by atoms with E-state index in [4.69, 9.17) is 11.6 Å². The highest BCUT2D eigenvalue weighted by molar-refractivity contribution is 7.89. The van der Waals surface area contributed by atoms with Crippen LogP contribution in [0.1, 0.15) is 11.1 Å². The quantitative estimate of drug-likeness (QED) is 0.907. The van der Waals surface area contributed by atoms with Crippen LogP contribution in [-0.4, -0.2) is 33.9 Å². The predicted octanol–water partition coefficient (Wildman–Crippen LogP) is 1.53. The summed E-state index contributed by atoms with van der Waals surface area (Å²) in [6.45, 7) is 0.575. The Morgan fingerprint density at radius 3 is 2.76 bits per heavy atom. The third kappa shape index (κ3) is 2.41. The van der Waals surface area contributed by atoms with Crippen molar-refractivity contribution in [3.63, 3.8) is 0 Å². The van der Waals surface area contributed by atoms with E-state index in [0.717, 1.165) is 11.1 Å². The zero-order chi connectivity index (χ0) is 15.2. The summed E-state index contributed by atoms with van der Waals surface area (Å²) < 4.78 is 28.0. The zero-order valence-corrected chi connectivity index (χ0v) is 12.9. The fourth-order valence-electron chi connectivity index (χ4n) is 2.41. The van der Waals surface area contributed by atoms with Gasteiger partial charge in [-0.3, -0.25) is 0 Å². The maximum atomic E-state index is 12.6. The number of imidazole rings is 1. The van der Waals surface area contributed by atoms with Gasteiger partial charge >= 0.3 is 0 Å². The van der Waals surface area contributed by atoms with E-state index in [2.05, 4.69) is 4.98 Å². The number of hydrogen-bond donors (Lipinski definition) is 1. The summed E-state index contributed by atoms with van der Waals surface area (Å²) in [7, 11) is -2.10. The minimum atomic E-state index is -3.74. The number of aromatic nitrogens is 2. The lowest BCUT2D eigenvalue weighted by atomic mass is 10.0. The summed E-state index contributed by atoms with van der Waals surface area (Å²) in [5.74, 6) is 0.129. The summed E-state index contributed by atoms with van der Waals surface area (Å²) >= 11 is 5.99. The molecule has 1 aromatic heterocycles. The third-order valence-electron chi connectivity index (χ3n) is 3.59. The number of rotatable bonds is 2. The van der Waals surface area contributed by atoms with Crippen LogP contribution in [0.25, 0.3) is 0 Å². The Labute approximate surface area is 127 Å². The molecule has 1 aliphatic heterocycles. The molecule has 0 aliphatic carbocycles. The predicted molar refractivity (Wildman–Crippen MR) is 77.6 cm³/mol. The average molecular weight is 328 g/mol. The normalized spacial score (nSPS) is 15.9. The van der Waals surface area contributed by atoms with Crippen molar-refractivity contribution in [2.24, 2.45) is 7.05 Å². The number of aryl methyl sites for hydroxylation is 1. The molecule has 2 aromatic rings. The molecule has 0 amide bonds. The van der Waals surface area contributed by atoms with Crippen molar-refractivity contribution >= 4 is 21.6 Å². The molecule has 1 N–H and O–H groups in total. The Bertz CT molecular complexity index is 801. The highest BCUT2D eigenvalue weighted by atomic mass is 35.5. The van der Waals surface area contributed by atoms with Crippen LogP contribution in [0.2, 0.25) is 5.15 Å². The summed E-state index contributed by atoms with van der Waals surface area (Å²) in [5.41, 5.74) is 1.85. The van der Waals surface area contributed by atoms with Crippen molar-refractivity contribution in [3.8, 4) is 5.75 Å². The number of benzene rings is 1. The molecule has 0 atom stereocenters. The number of hydrogen-bond acceptors (Lipinski definition) is 4. The van der Waals surface area contributed by atoms with E-state index in [-0.39, 0.29) is 22.5 Å². The molecule has 0 unspecified atom stereocenters. The molecule has 0 fully saturated rings. The highest BCUT2D eigenvalue weighted by Gasteiger charge is 2.32. The first kappa shape index (κ1) is 14.4. The van der Waals surface area contributed by atoms with Crippen molar-refractivity contribution in [1.29, 1.82) is 0 Å². The maximum absolute atomic E-state index is 12.6. The molecule has 0 bridgehead atoms. The Morgan fingerprint density at radius 2 is 2.10 bits per heavy atom. The van der Waals surface area contributed by atoms with Crippen molar-refractivity contribution < 1.29 is 13.5 Å². The molecule has 0 spiro atoms. The van der Waals surface area contributed by atoms with Crippen LogP contribution in [0.4, 0.5) is 0 Å². The van der Waals surface area contributed by atoms with E-state index < -0.39 is 10.0 Å². The SMILES string of the molecule is Cn1cnc(S(=O)(=O)N2CCc3ccc(O)cc3C2)c1Cl. The molecule has 0 radical (unpaired) electrons. The summed E-state index contributed by atoms with van der Waals surface area (Å²) in [4.78, 5) is 3.89. The van der Waals surface area contributed by atoms with Crippen LogP contribution in [0.5, 0.6) is 5.75 Å². The lowest BCUT2D eigenvalue weighted by Gasteiger charge is -2.27. The van der Waals surface area contributed by atoms with Crippen LogP contribution in [0.3, 0.4) is 0 Å². The van der Waals surface area contributed by atoms with Gasteiger partial charge in [0.1, 0.15) is 10.9 Å². The van der Waals surface area contributed by atoms with Crippen LogP contribution in [0.15, 0.2) is 29.6 Å². The van der Waals surface area contributed by atoms with Gasteiger partial charge in [0.15, 0.2) is 0 Å². The number of phenolic OH excluding ortho intramolecular Hbond substituents is 1. The Kier molecular flexibility index (Phi) is 3.43. The second-order valence-electron chi connectivity index (χ2n) is 4.99. The van der Waals surface area contributed by atoms with Crippen molar-refractivity contribution in [1.82, 2.24) is 13.9 Å². The van der Waals surface area contributed by atoms with Gasteiger partial charge in [-0.25, -0.2) is 13.4 Å². The number of phenols is 1. The smallest absolute Gasteiger partial charge is 0.263 e. The minimum absolute atomic E-state index is 0.0942. The molecular weight excluding hydrogens is 314 g/mol. The highest BCUT2D eigenvalue weighted by Crippen LogP contribution is 2.29. The number of aromatic hydroxyl groups is 1. The summed E-state index contributed by atoms with van der Waals surface area (Å²) in [6.07, 6.45) is 1.97. The van der Waals surface area contributed by atoms with E-state index >= 15 is 0 Å². The first-order valence-corrected chi connectivity index (χ1v) is 8.19. The van der Waals surface area contributed by atoms with Gasteiger partial charge in [0.2, 0.25) is 5.03 Å². The Hall–Kier alpha value is -1.57. The molecule has 1 aromatic carbocycles. The lowest BCUT2D eigenvalue weighted by Crippen LogP contribution is -2.36. The first-order valence-electron chi connectivity index (χ1n) is 6.37. The van der Waals surface area contributed by atoms with E-state index in [0.29, 0.717) is 13.0 Å². The number of nitrogens with zero attached hydrogens (tertiary/aromatic N) is 3. The van der Waals surface area contributed by atoms with E-state index in [1.807, 2.05) is 6.07 Å². The Morgan fingerprint density at radius 1 is 1.33 bits per heavy atom. The maximum Gasteiger partial charge on any atom is 0.263 e. The molecule has 0 saturated heterocycles. The minimum Gasteiger partial charge on any atom is -0.508 e. The van der Waals surface area contributed by atoms with Crippen molar-refractivity contribution in [3.05, 3.63) is 40.8 Å².